The third-order valence-electron chi connectivity index (χ3n) is 9.64. The second-order valence-electron chi connectivity index (χ2n) is 16.1. The van der Waals surface area contributed by atoms with Crippen molar-refractivity contribution in [3.05, 3.63) is 168 Å². The number of rotatable bonds is 14. The van der Waals surface area contributed by atoms with E-state index in [-0.39, 0.29) is 33.6 Å². The summed E-state index contributed by atoms with van der Waals surface area (Å²) in [6, 6.07) is 18.6. The third kappa shape index (κ3) is 9.28. The number of aryl methyl sites for hydroxylation is 2. The van der Waals surface area contributed by atoms with E-state index < -0.39 is 75.0 Å². The first-order valence-electron chi connectivity index (χ1n) is 18.4. The van der Waals surface area contributed by atoms with Gasteiger partial charge in [0, 0.05) is 0 Å². The van der Waals surface area contributed by atoms with Gasteiger partial charge in [-0.3, -0.25) is 60.7 Å². The fourth-order valence-electron chi connectivity index (χ4n) is 6.34. The average Bonchev–Trinajstić information content (AvgIpc) is 3.18. The summed E-state index contributed by atoms with van der Waals surface area (Å²) < 4.78 is 0. The lowest BCUT2D eigenvalue weighted by molar-refractivity contribution is -0.402. The van der Waals surface area contributed by atoms with Crippen LogP contribution in [-0.4, -0.2) is 29.5 Å². The van der Waals surface area contributed by atoms with Crippen LogP contribution < -0.4 is 20.9 Å². The number of non-ortho nitro benzene ring substituents is 2. The molecule has 22 heteroatoms. The Morgan fingerprint density at radius 1 is 0.419 bits per heavy atom. The van der Waals surface area contributed by atoms with Crippen LogP contribution in [0.1, 0.15) is 63.8 Å². The maximum atomic E-state index is 12.4. The molecule has 0 fully saturated rings. The summed E-state index contributed by atoms with van der Waals surface area (Å²) in [7, 11) is 0. The van der Waals surface area contributed by atoms with Crippen molar-refractivity contribution >= 4 is 68.2 Å². The van der Waals surface area contributed by atoms with Gasteiger partial charge < -0.3 is 0 Å². The average molecular weight is 851 g/mol. The summed E-state index contributed by atoms with van der Waals surface area (Å²) in [5.41, 5.74) is 3.58. The van der Waals surface area contributed by atoms with Gasteiger partial charge in [0.05, 0.1) is 76.6 Å². The zero-order valence-electron chi connectivity index (χ0n) is 34.5. The minimum Gasteiger partial charge on any atom is -0.258 e. The molecule has 0 unspecified atom stereocenters. The minimum absolute atomic E-state index is 0.0928. The quantitative estimate of drug-likeness (QED) is 0.0741. The molecule has 0 aliphatic carbocycles. The number of benzene rings is 5. The molecule has 2 radical (unpaired) electrons. The summed E-state index contributed by atoms with van der Waals surface area (Å²) in [4.78, 5) is 66.8. The highest BCUT2D eigenvalue weighted by molar-refractivity contribution is 5.82. The Balaban J connectivity index is 1.85. The van der Waals surface area contributed by atoms with E-state index in [4.69, 9.17) is 0 Å². The summed E-state index contributed by atoms with van der Waals surface area (Å²) in [5, 5.41) is 75.2. The Hall–Kier alpha value is -8.30. The molecule has 0 heterocycles. The van der Waals surface area contributed by atoms with E-state index >= 15 is 0 Å². The maximum absolute atomic E-state index is 12.4. The Labute approximate surface area is 352 Å². The number of hydrogen-bond donors (Lipinski definition) is 0. The molecule has 0 saturated heterocycles. The molecule has 0 atom stereocenters. The molecule has 320 valence electrons. The highest BCUT2D eigenvalue weighted by Gasteiger charge is 2.37. The van der Waals surface area contributed by atoms with Crippen LogP contribution >= 0.6 is 0 Å². The molecule has 0 N–H and O–H groups in total. The van der Waals surface area contributed by atoms with Crippen molar-refractivity contribution in [2.75, 3.05) is 10.0 Å². The summed E-state index contributed by atoms with van der Waals surface area (Å²) in [6.45, 7) is 15.0. The van der Waals surface area contributed by atoms with E-state index in [1.54, 1.807) is 68.4 Å². The zero-order valence-corrected chi connectivity index (χ0v) is 34.5. The minimum atomic E-state index is -1.06. The molecular weight excluding hydrogens is 812 g/mol. The van der Waals surface area contributed by atoms with Gasteiger partial charge in [-0.05, 0) is 77.3 Å². The number of anilines is 4. The lowest BCUT2D eigenvalue weighted by Gasteiger charge is -2.30. The van der Waals surface area contributed by atoms with Crippen molar-refractivity contribution in [1.82, 2.24) is 10.9 Å². The molecule has 0 amide bonds. The van der Waals surface area contributed by atoms with Crippen LogP contribution in [0.4, 0.5) is 68.2 Å². The smallest absolute Gasteiger partial charge is 0.258 e. The van der Waals surface area contributed by atoms with Crippen molar-refractivity contribution in [2.45, 2.75) is 66.2 Å². The van der Waals surface area contributed by atoms with Gasteiger partial charge in [-0.1, -0.05) is 71.9 Å². The lowest BCUT2D eigenvalue weighted by Crippen LogP contribution is -2.28. The van der Waals surface area contributed by atoms with Gasteiger partial charge in [0.1, 0.15) is 0 Å². The molecule has 0 spiro atoms. The van der Waals surface area contributed by atoms with Crippen LogP contribution in [0.25, 0.3) is 0 Å². The van der Waals surface area contributed by atoms with Crippen molar-refractivity contribution in [1.29, 1.82) is 0 Å². The first-order chi connectivity index (χ1) is 28.8. The Morgan fingerprint density at radius 2 is 0.694 bits per heavy atom. The zero-order chi connectivity index (χ0) is 46.2. The van der Waals surface area contributed by atoms with Crippen LogP contribution in [0.5, 0.6) is 0 Å². The number of nitrogens with zero attached hydrogens (tertiary/aromatic N) is 10. The van der Waals surface area contributed by atoms with Crippen LogP contribution in [0, 0.1) is 74.5 Å². The topological polar surface area (TPSA) is 294 Å². The predicted octanol–water partition coefficient (Wildman–Crippen LogP) is 10.3. The van der Waals surface area contributed by atoms with Crippen molar-refractivity contribution in [3.8, 4) is 0 Å². The van der Waals surface area contributed by atoms with E-state index in [0.29, 0.717) is 35.4 Å². The fourth-order valence-corrected chi connectivity index (χ4v) is 6.34. The van der Waals surface area contributed by atoms with Crippen LogP contribution in [-0.2, 0) is 10.8 Å². The summed E-state index contributed by atoms with van der Waals surface area (Å²) in [5.74, 6) is 0. The highest BCUT2D eigenvalue weighted by atomic mass is 16.6. The van der Waals surface area contributed by atoms with Crippen molar-refractivity contribution in [2.24, 2.45) is 0 Å². The molecular formula is C40H38N10O12. The van der Waals surface area contributed by atoms with Crippen molar-refractivity contribution in [3.63, 3.8) is 0 Å². The predicted molar refractivity (Wildman–Crippen MR) is 227 cm³/mol. The standard InChI is InChI=1S/C40H38N10O12/c1-23-17-24(2)32(44(28-15-11-26(12-16-28)40(6,7)8)42-38-35(49(59)60)20-30(46(53)54)21-36(38)50(61)62)22-31(23)43(27-13-9-25(10-14-27)39(3,4)5)41-37-33(47(55)56)18-29(45(51)52)19-34(37)48(57)58/h9-22H,1-8H3. The van der Waals surface area contributed by atoms with E-state index in [9.17, 15) is 60.7 Å². The molecule has 0 saturated carbocycles. The third-order valence-corrected chi connectivity index (χ3v) is 9.64. The van der Waals surface area contributed by atoms with Gasteiger partial charge in [0.2, 0.25) is 11.4 Å². The Kier molecular flexibility index (Phi) is 12.1. The second-order valence-corrected chi connectivity index (χ2v) is 16.1. The summed E-state index contributed by atoms with van der Waals surface area (Å²) in [6.07, 6.45) is 0. The van der Waals surface area contributed by atoms with Crippen LogP contribution in [0.3, 0.4) is 0 Å². The van der Waals surface area contributed by atoms with Crippen molar-refractivity contribution < 1.29 is 29.5 Å². The van der Waals surface area contributed by atoms with Gasteiger partial charge in [0.25, 0.3) is 11.4 Å². The van der Waals surface area contributed by atoms with E-state index in [1.165, 1.54) is 6.07 Å². The largest absolute Gasteiger partial charge is 0.310 e. The van der Waals surface area contributed by atoms with Crippen LogP contribution in [0.2, 0.25) is 0 Å². The number of nitro groups is 6. The van der Waals surface area contributed by atoms with Gasteiger partial charge in [0.15, 0.2) is 0 Å². The van der Waals surface area contributed by atoms with E-state index in [1.807, 2.05) is 41.5 Å². The highest BCUT2D eigenvalue weighted by Crippen LogP contribution is 2.45. The summed E-state index contributed by atoms with van der Waals surface area (Å²) >= 11 is 0. The lowest BCUT2D eigenvalue weighted by atomic mass is 9.87. The molecule has 62 heavy (non-hydrogen) atoms. The molecule has 0 aromatic heterocycles. The number of nitro benzene ring substituents is 6. The fraction of sp³-hybridized carbons (Fsp3) is 0.250. The Morgan fingerprint density at radius 3 is 0.919 bits per heavy atom. The molecule has 0 aliphatic heterocycles. The van der Waals surface area contributed by atoms with Gasteiger partial charge in [-0.15, -0.1) is 0 Å². The molecule has 5 aromatic rings. The van der Waals surface area contributed by atoms with Gasteiger partial charge in [-0.25, -0.2) is 10.0 Å². The molecule has 0 bridgehead atoms. The first kappa shape index (κ1) is 44.8. The van der Waals surface area contributed by atoms with E-state index in [0.717, 1.165) is 21.1 Å². The second kappa shape index (κ2) is 16.8. The molecule has 5 aromatic carbocycles. The molecule has 0 aliphatic rings. The maximum Gasteiger partial charge on any atom is 0.310 e. The van der Waals surface area contributed by atoms with Crippen LogP contribution in [0.15, 0.2) is 84.9 Å². The molecule has 22 nitrogen and oxygen atoms in total. The van der Waals surface area contributed by atoms with E-state index in [2.05, 4.69) is 10.9 Å². The Bertz CT molecular complexity index is 2410. The molecule has 5 rings (SSSR count). The van der Waals surface area contributed by atoms with Gasteiger partial charge >= 0.3 is 22.7 Å². The monoisotopic (exact) mass is 850 g/mol. The normalized spacial score (nSPS) is 11.4. The number of hydrogen-bond acceptors (Lipinski definition) is 14. The SMILES string of the molecule is Cc1cc(C)c(N([N]c2c([N+](=O)[O-])cc([N+](=O)[O-])cc2[N+](=O)[O-])c2ccc(C(C)(C)C)cc2)cc1N([N]c1c([N+](=O)[O-])cc([N+](=O)[O-])cc1[N+](=O)[O-])c1ccc(C(C)(C)C)cc1. The van der Waals surface area contributed by atoms with Gasteiger partial charge in [-0.2, -0.15) is 10.9 Å². The first-order valence-corrected chi connectivity index (χ1v) is 18.4.